The third-order valence-electron chi connectivity index (χ3n) is 3.13. The molecule has 0 saturated carbocycles. The van der Waals surface area contributed by atoms with Crippen LogP contribution in [0.25, 0.3) is 0 Å². The summed E-state index contributed by atoms with van der Waals surface area (Å²) in [5.74, 6) is -0.149. The molecule has 0 heterocycles. The minimum atomic E-state index is -0.787. The number of hydrogen-bond acceptors (Lipinski definition) is 4. The molecule has 1 N–H and O–H groups in total. The number of carbonyl (C=O) groups excluding carboxylic acids is 1. The molecule has 21 heavy (non-hydrogen) atoms. The fraction of sp³-hybridized carbons (Fsp3) is 0.500. The molecule has 1 unspecified atom stereocenters. The first kappa shape index (κ1) is 17.2. The molecule has 1 atom stereocenters. The van der Waals surface area contributed by atoms with Crippen molar-refractivity contribution in [2.45, 2.75) is 45.8 Å². The third kappa shape index (κ3) is 4.90. The number of benzene rings is 1. The summed E-state index contributed by atoms with van der Waals surface area (Å²) in [4.78, 5) is 22.2. The second kappa shape index (κ2) is 7.83. The van der Waals surface area contributed by atoms with Crippen LogP contribution < -0.4 is 10.1 Å². The maximum Gasteiger partial charge on any atom is 0.273 e. The summed E-state index contributed by atoms with van der Waals surface area (Å²) in [6.07, 6.45) is 0.865. The summed E-state index contributed by atoms with van der Waals surface area (Å²) in [7, 11) is 0. The standard InChI is InChI=1S/C14H19ClN2O4/c1-4-10(5-2)16-14(18)9(3)21-13-8-11(17(19)20)6-7-12(13)15/h6-10H,4-5H2,1-3H3,(H,16,18). The van der Waals surface area contributed by atoms with E-state index >= 15 is 0 Å². The van der Waals surface area contributed by atoms with Gasteiger partial charge in [0.2, 0.25) is 0 Å². The molecule has 0 bridgehead atoms. The lowest BCUT2D eigenvalue weighted by molar-refractivity contribution is -0.384. The highest BCUT2D eigenvalue weighted by molar-refractivity contribution is 6.32. The predicted octanol–water partition coefficient (Wildman–Crippen LogP) is 3.32. The maximum absolute atomic E-state index is 12.0. The number of nitrogens with zero attached hydrogens (tertiary/aromatic N) is 1. The topological polar surface area (TPSA) is 81.5 Å². The van der Waals surface area contributed by atoms with E-state index in [0.29, 0.717) is 0 Å². The van der Waals surface area contributed by atoms with Crippen molar-refractivity contribution in [3.05, 3.63) is 33.3 Å². The smallest absolute Gasteiger partial charge is 0.273 e. The second-order valence-corrected chi connectivity index (χ2v) is 5.06. The zero-order valence-corrected chi connectivity index (χ0v) is 13.0. The van der Waals surface area contributed by atoms with Crippen molar-refractivity contribution in [2.75, 3.05) is 0 Å². The molecule has 0 aliphatic heterocycles. The van der Waals surface area contributed by atoms with Crippen LogP contribution in [0.1, 0.15) is 33.6 Å². The molecule has 1 rings (SSSR count). The van der Waals surface area contributed by atoms with E-state index in [-0.39, 0.29) is 28.4 Å². The van der Waals surface area contributed by atoms with Crippen LogP contribution in [0.4, 0.5) is 5.69 Å². The molecule has 0 radical (unpaired) electrons. The number of non-ortho nitro benzene ring substituents is 1. The van der Waals surface area contributed by atoms with Crippen LogP contribution in [0, 0.1) is 10.1 Å². The summed E-state index contributed by atoms with van der Waals surface area (Å²) in [6, 6.07) is 3.96. The van der Waals surface area contributed by atoms with E-state index in [1.807, 2.05) is 13.8 Å². The van der Waals surface area contributed by atoms with E-state index in [1.54, 1.807) is 6.92 Å². The Balaban J connectivity index is 2.78. The van der Waals surface area contributed by atoms with Gasteiger partial charge in [-0.25, -0.2) is 0 Å². The Kier molecular flexibility index (Phi) is 6.42. The molecular weight excluding hydrogens is 296 g/mol. The first-order valence-corrected chi connectivity index (χ1v) is 7.17. The Morgan fingerprint density at radius 2 is 2.05 bits per heavy atom. The average molecular weight is 315 g/mol. The highest BCUT2D eigenvalue weighted by Gasteiger charge is 2.20. The van der Waals surface area contributed by atoms with Gasteiger partial charge in [-0.15, -0.1) is 0 Å². The Morgan fingerprint density at radius 3 is 2.57 bits per heavy atom. The van der Waals surface area contributed by atoms with Crippen LogP contribution in [0.15, 0.2) is 18.2 Å². The SMILES string of the molecule is CCC(CC)NC(=O)C(C)Oc1cc([N+](=O)[O-])ccc1Cl. The molecule has 0 aliphatic rings. The van der Waals surface area contributed by atoms with Crippen LogP contribution in [0.3, 0.4) is 0 Å². The average Bonchev–Trinajstić information content (AvgIpc) is 2.46. The van der Waals surface area contributed by atoms with Gasteiger partial charge in [-0.2, -0.15) is 0 Å². The first-order chi connectivity index (χ1) is 9.88. The summed E-state index contributed by atoms with van der Waals surface area (Å²) < 4.78 is 5.44. The fourth-order valence-electron chi connectivity index (χ4n) is 1.75. The molecular formula is C14H19ClN2O4. The number of amides is 1. The zero-order valence-electron chi connectivity index (χ0n) is 12.3. The summed E-state index contributed by atoms with van der Waals surface area (Å²) in [5, 5.41) is 13.8. The minimum Gasteiger partial charge on any atom is -0.479 e. The largest absolute Gasteiger partial charge is 0.479 e. The van der Waals surface area contributed by atoms with Crippen molar-refractivity contribution in [3.63, 3.8) is 0 Å². The number of hydrogen-bond donors (Lipinski definition) is 1. The van der Waals surface area contributed by atoms with Gasteiger partial charge in [0.25, 0.3) is 11.6 Å². The van der Waals surface area contributed by atoms with Gasteiger partial charge in [-0.05, 0) is 25.8 Å². The minimum absolute atomic E-state index is 0.0872. The molecule has 1 aromatic rings. The molecule has 7 heteroatoms. The lowest BCUT2D eigenvalue weighted by Crippen LogP contribution is -2.42. The van der Waals surface area contributed by atoms with Crippen molar-refractivity contribution >= 4 is 23.2 Å². The number of nitrogens with one attached hydrogen (secondary N) is 1. The Labute approximate surface area is 128 Å². The Bertz CT molecular complexity index is 518. The second-order valence-electron chi connectivity index (χ2n) is 4.65. The molecule has 116 valence electrons. The highest BCUT2D eigenvalue weighted by atomic mass is 35.5. The van der Waals surface area contributed by atoms with Crippen molar-refractivity contribution in [1.82, 2.24) is 5.32 Å². The normalized spacial score (nSPS) is 12.0. The van der Waals surface area contributed by atoms with Crippen LogP contribution in [0.2, 0.25) is 5.02 Å². The van der Waals surface area contributed by atoms with Gasteiger partial charge in [0.05, 0.1) is 16.0 Å². The monoisotopic (exact) mass is 314 g/mol. The Morgan fingerprint density at radius 1 is 1.43 bits per heavy atom. The molecule has 0 aromatic heterocycles. The van der Waals surface area contributed by atoms with Crippen molar-refractivity contribution < 1.29 is 14.5 Å². The number of nitro benzene ring substituents is 1. The van der Waals surface area contributed by atoms with Gasteiger partial charge in [0.15, 0.2) is 6.10 Å². The predicted molar refractivity (Wildman–Crippen MR) is 80.7 cm³/mol. The van der Waals surface area contributed by atoms with Gasteiger partial charge < -0.3 is 10.1 Å². The van der Waals surface area contributed by atoms with Crippen molar-refractivity contribution in [1.29, 1.82) is 0 Å². The van der Waals surface area contributed by atoms with E-state index in [4.69, 9.17) is 16.3 Å². The quantitative estimate of drug-likeness (QED) is 0.618. The van der Waals surface area contributed by atoms with Crippen molar-refractivity contribution in [2.24, 2.45) is 0 Å². The number of carbonyl (C=O) groups is 1. The van der Waals surface area contributed by atoms with Crippen LogP contribution >= 0.6 is 11.6 Å². The lowest BCUT2D eigenvalue weighted by Gasteiger charge is -2.19. The zero-order chi connectivity index (χ0) is 16.0. The van der Waals surface area contributed by atoms with Gasteiger partial charge >= 0.3 is 0 Å². The van der Waals surface area contributed by atoms with E-state index < -0.39 is 11.0 Å². The van der Waals surface area contributed by atoms with E-state index in [2.05, 4.69) is 5.32 Å². The van der Waals surface area contributed by atoms with Crippen LogP contribution in [-0.2, 0) is 4.79 Å². The molecule has 0 spiro atoms. The van der Waals surface area contributed by atoms with E-state index in [1.165, 1.54) is 18.2 Å². The summed E-state index contributed by atoms with van der Waals surface area (Å²) >= 11 is 5.93. The van der Waals surface area contributed by atoms with Gasteiger partial charge in [0.1, 0.15) is 5.75 Å². The van der Waals surface area contributed by atoms with Gasteiger partial charge in [0, 0.05) is 12.1 Å². The maximum atomic E-state index is 12.0. The van der Waals surface area contributed by atoms with E-state index in [0.717, 1.165) is 12.8 Å². The van der Waals surface area contributed by atoms with Crippen LogP contribution in [0.5, 0.6) is 5.75 Å². The number of halogens is 1. The van der Waals surface area contributed by atoms with Crippen LogP contribution in [-0.4, -0.2) is 23.0 Å². The molecule has 0 aliphatic carbocycles. The molecule has 1 amide bonds. The molecule has 1 aromatic carbocycles. The molecule has 0 saturated heterocycles. The summed E-state index contributed by atoms with van der Waals surface area (Å²) in [5.41, 5.74) is -0.137. The Hall–Kier alpha value is -1.82. The fourth-order valence-corrected chi connectivity index (χ4v) is 1.91. The molecule has 0 fully saturated rings. The summed E-state index contributed by atoms with van der Waals surface area (Å²) in [6.45, 7) is 5.54. The first-order valence-electron chi connectivity index (χ1n) is 6.80. The third-order valence-corrected chi connectivity index (χ3v) is 3.44. The van der Waals surface area contributed by atoms with E-state index in [9.17, 15) is 14.9 Å². The lowest BCUT2D eigenvalue weighted by atomic mass is 10.1. The number of nitro groups is 1. The van der Waals surface area contributed by atoms with Crippen molar-refractivity contribution in [3.8, 4) is 5.75 Å². The molecule has 6 nitrogen and oxygen atoms in total. The number of rotatable bonds is 7. The highest BCUT2D eigenvalue weighted by Crippen LogP contribution is 2.29. The number of ether oxygens (including phenoxy) is 1. The van der Waals surface area contributed by atoms with Gasteiger partial charge in [-0.1, -0.05) is 25.4 Å². The van der Waals surface area contributed by atoms with Gasteiger partial charge in [-0.3, -0.25) is 14.9 Å².